The van der Waals surface area contributed by atoms with Crippen LogP contribution in [0.5, 0.6) is 0 Å². The molecule has 2 heterocycles. The molecule has 1 unspecified atom stereocenters. The summed E-state index contributed by atoms with van der Waals surface area (Å²) in [4.78, 5) is 54.0. The molecule has 1 aliphatic rings. The predicted octanol–water partition coefficient (Wildman–Crippen LogP) is 3.36. The third kappa shape index (κ3) is 4.90. The molecule has 8 nitrogen and oxygen atoms in total. The number of aryl methyl sites for hydroxylation is 1. The molecule has 1 N–H and O–H groups in total. The van der Waals surface area contributed by atoms with Crippen molar-refractivity contribution in [2.24, 2.45) is 0 Å². The molecule has 0 bridgehead atoms. The second kappa shape index (κ2) is 9.80. The first kappa shape index (κ1) is 23.2. The van der Waals surface area contributed by atoms with E-state index in [1.165, 1.54) is 6.92 Å². The summed E-state index contributed by atoms with van der Waals surface area (Å²) < 4.78 is 10.4. The van der Waals surface area contributed by atoms with E-state index in [-0.39, 0.29) is 18.2 Å². The van der Waals surface area contributed by atoms with Crippen molar-refractivity contribution in [3.05, 3.63) is 57.9 Å². The van der Waals surface area contributed by atoms with E-state index in [9.17, 15) is 19.2 Å². The molecule has 1 atom stereocenters. The number of benzene rings is 1. The van der Waals surface area contributed by atoms with Crippen LogP contribution in [0, 0.1) is 13.8 Å². The van der Waals surface area contributed by atoms with Crippen LogP contribution in [0.1, 0.15) is 74.7 Å². The van der Waals surface area contributed by atoms with Crippen molar-refractivity contribution in [3.63, 3.8) is 0 Å². The van der Waals surface area contributed by atoms with Gasteiger partial charge in [0.1, 0.15) is 0 Å². The topological polar surface area (TPSA) is 106 Å². The highest BCUT2D eigenvalue weighted by Crippen LogP contribution is 2.21. The lowest BCUT2D eigenvalue weighted by atomic mass is 10.1. The zero-order valence-corrected chi connectivity index (χ0v) is 18.8. The summed E-state index contributed by atoms with van der Waals surface area (Å²) in [5.41, 5.74) is 2.76. The Bertz CT molecular complexity index is 1040. The third-order valence-corrected chi connectivity index (χ3v) is 5.55. The zero-order valence-electron chi connectivity index (χ0n) is 18.8. The molecule has 1 fully saturated rings. The maximum atomic E-state index is 12.9. The number of likely N-dealkylation sites (tertiary alicyclic amines) is 1. The lowest BCUT2D eigenvalue weighted by Gasteiger charge is -2.16. The van der Waals surface area contributed by atoms with Crippen LogP contribution in [0.25, 0.3) is 0 Å². The standard InChI is InChI=1S/C24H28N2O6/c1-5-31-24(30)20-14(2)21(25-15(20)3)22(28)16(4)32-23(29)18-10-8-17(9-11-18)13-26-12-6-7-19(26)27/h8-11,16,25H,5-7,12-13H2,1-4H3. The number of carbonyl (C=O) groups excluding carboxylic acids is 4. The van der Waals surface area contributed by atoms with Gasteiger partial charge in [-0.25, -0.2) is 9.59 Å². The summed E-state index contributed by atoms with van der Waals surface area (Å²) in [5, 5.41) is 0. The quantitative estimate of drug-likeness (QED) is 0.498. The van der Waals surface area contributed by atoms with E-state index in [0.717, 1.165) is 18.5 Å². The average molecular weight is 440 g/mol. The van der Waals surface area contributed by atoms with Crippen molar-refractivity contribution < 1.29 is 28.7 Å². The van der Waals surface area contributed by atoms with Crippen molar-refractivity contribution in [1.82, 2.24) is 9.88 Å². The van der Waals surface area contributed by atoms with Crippen LogP contribution < -0.4 is 0 Å². The Labute approximate surface area is 186 Å². The minimum absolute atomic E-state index is 0.141. The van der Waals surface area contributed by atoms with Gasteiger partial charge in [0.2, 0.25) is 11.7 Å². The number of ether oxygens (including phenoxy) is 2. The summed E-state index contributed by atoms with van der Waals surface area (Å²) in [7, 11) is 0. The molecule has 170 valence electrons. The Morgan fingerprint density at radius 2 is 1.81 bits per heavy atom. The smallest absolute Gasteiger partial charge is 0.340 e. The normalized spacial score (nSPS) is 14.4. The van der Waals surface area contributed by atoms with Gasteiger partial charge in [-0.3, -0.25) is 9.59 Å². The number of esters is 2. The van der Waals surface area contributed by atoms with E-state index in [1.54, 1.807) is 49.9 Å². The van der Waals surface area contributed by atoms with Gasteiger partial charge in [0.25, 0.3) is 0 Å². The van der Waals surface area contributed by atoms with E-state index in [2.05, 4.69) is 4.98 Å². The molecule has 0 spiro atoms. The molecular weight excluding hydrogens is 412 g/mol. The SMILES string of the molecule is CCOC(=O)c1c(C)[nH]c(C(=O)C(C)OC(=O)c2ccc(CN3CCCC3=O)cc2)c1C. The molecular formula is C24H28N2O6. The number of nitrogens with zero attached hydrogens (tertiary/aromatic N) is 1. The van der Waals surface area contributed by atoms with Gasteiger partial charge in [0.05, 0.1) is 23.4 Å². The third-order valence-electron chi connectivity index (χ3n) is 5.55. The fourth-order valence-corrected chi connectivity index (χ4v) is 3.83. The van der Waals surface area contributed by atoms with Crippen LogP contribution in [0.2, 0.25) is 0 Å². The number of H-pyrrole nitrogens is 1. The van der Waals surface area contributed by atoms with Crippen LogP contribution in [-0.2, 0) is 20.8 Å². The first-order valence-electron chi connectivity index (χ1n) is 10.7. The minimum atomic E-state index is -1.05. The highest BCUT2D eigenvalue weighted by molar-refractivity contribution is 6.04. The molecule has 8 heteroatoms. The Hall–Kier alpha value is -3.42. The van der Waals surface area contributed by atoms with Crippen molar-refractivity contribution >= 4 is 23.6 Å². The number of rotatable bonds is 8. The highest BCUT2D eigenvalue weighted by atomic mass is 16.5. The van der Waals surface area contributed by atoms with E-state index < -0.39 is 23.8 Å². The van der Waals surface area contributed by atoms with Crippen molar-refractivity contribution in [2.75, 3.05) is 13.2 Å². The Morgan fingerprint density at radius 3 is 2.41 bits per heavy atom. The van der Waals surface area contributed by atoms with Gasteiger partial charge in [-0.1, -0.05) is 12.1 Å². The molecule has 3 rings (SSSR count). The fourth-order valence-electron chi connectivity index (χ4n) is 3.83. The van der Waals surface area contributed by atoms with Gasteiger partial charge in [0.15, 0.2) is 6.10 Å². The number of aromatic amines is 1. The van der Waals surface area contributed by atoms with E-state index >= 15 is 0 Å². The van der Waals surface area contributed by atoms with Crippen LogP contribution in [-0.4, -0.2) is 52.8 Å². The van der Waals surface area contributed by atoms with E-state index in [4.69, 9.17) is 9.47 Å². The molecule has 0 saturated carbocycles. The first-order valence-corrected chi connectivity index (χ1v) is 10.7. The van der Waals surface area contributed by atoms with Crippen LogP contribution in [0.3, 0.4) is 0 Å². The fraction of sp³-hybridized carbons (Fsp3) is 0.417. The largest absolute Gasteiger partial charge is 0.462 e. The molecule has 1 saturated heterocycles. The number of hydrogen-bond acceptors (Lipinski definition) is 6. The van der Waals surface area contributed by atoms with Gasteiger partial charge >= 0.3 is 11.9 Å². The lowest BCUT2D eigenvalue weighted by molar-refractivity contribution is -0.128. The summed E-state index contributed by atoms with van der Waals surface area (Å²) in [5.74, 6) is -1.42. The van der Waals surface area contributed by atoms with E-state index in [1.807, 2.05) is 0 Å². The second-order valence-corrected chi connectivity index (χ2v) is 7.87. The summed E-state index contributed by atoms with van der Waals surface area (Å²) in [6, 6.07) is 6.80. The van der Waals surface area contributed by atoms with Gasteiger partial charge in [-0.2, -0.15) is 0 Å². The second-order valence-electron chi connectivity index (χ2n) is 7.87. The number of hydrogen-bond donors (Lipinski definition) is 1. The van der Waals surface area contributed by atoms with Gasteiger partial charge < -0.3 is 19.4 Å². The Kier molecular flexibility index (Phi) is 7.12. The highest BCUT2D eigenvalue weighted by Gasteiger charge is 2.28. The van der Waals surface area contributed by atoms with Gasteiger partial charge in [-0.15, -0.1) is 0 Å². The molecule has 1 aromatic carbocycles. The maximum Gasteiger partial charge on any atom is 0.340 e. The molecule has 32 heavy (non-hydrogen) atoms. The van der Waals surface area contributed by atoms with Crippen molar-refractivity contribution in [3.8, 4) is 0 Å². The zero-order chi connectivity index (χ0) is 23.4. The first-order chi connectivity index (χ1) is 15.2. The Balaban J connectivity index is 1.65. The van der Waals surface area contributed by atoms with E-state index in [0.29, 0.717) is 35.3 Å². The molecule has 2 aromatic rings. The van der Waals surface area contributed by atoms with Crippen LogP contribution in [0.4, 0.5) is 0 Å². The predicted molar refractivity (Wildman–Crippen MR) is 117 cm³/mol. The van der Waals surface area contributed by atoms with Crippen molar-refractivity contribution in [1.29, 1.82) is 0 Å². The molecule has 0 radical (unpaired) electrons. The van der Waals surface area contributed by atoms with Gasteiger partial charge in [-0.05, 0) is 57.4 Å². The lowest BCUT2D eigenvalue weighted by Crippen LogP contribution is -2.25. The summed E-state index contributed by atoms with van der Waals surface area (Å²) >= 11 is 0. The monoisotopic (exact) mass is 440 g/mol. The molecule has 1 aromatic heterocycles. The number of Topliss-reactive ketones (excluding diaryl/α,β-unsaturated/α-hetero) is 1. The van der Waals surface area contributed by atoms with Crippen LogP contribution in [0.15, 0.2) is 24.3 Å². The number of carbonyl (C=O) groups is 4. The summed E-state index contributed by atoms with van der Waals surface area (Å²) in [6.07, 6.45) is 0.407. The number of aromatic nitrogens is 1. The average Bonchev–Trinajstić information content (AvgIpc) is 3.29. The number of ketones is 1. The molecule has 0 aliphatic carbocycles. The van der Waals surface area contributed by atoms with Gasteiger partial charge in [0, 0.05) is 25.2 Å². The summed E-state index contributed by atoms with van der Waals surface area (Å²) in [6.45, 7) is 8.03. The minimum Gasteiger partial charge on any atom is -0.462 e. The molecule has 1 amide bonds. The number of amides is 1. The van der Waals surface area contributed by atoms with Crippen LogP contribution >= 0.6 is 0 Å². The Morgan fingerprint density at radius 1 is 1.12 bits per heavy atom. The van der Waals surface area contributed by atoms with Crippen molar-refractivity contribution in [2.45, 2.75) is 53.2 Å². The maximum absolute atomic E-state index is 12.9. The molecule has 1 aliphatic heterocycles. The number of nitrogens with one attached hydrogen (secondary N) is 1.